The molecule has 0 fully saturated rings. The maximum absolute atomic E-state index is 13.6. The largest absolute Gasteiger partial charge is 0.299 e. The Hall–Kier alpha value is -1.40. The van der Waals surface area contributed by atoms with Crippen molar-refractivity contribution in [2.45, 2.75) is 25.9 Å². The summed E-state index contributed by atoms with van der Waals surface area (Å²) in [6.07, 6.45) is 0.818. The van der Waals surface area contributed by atoms with Gasteiger partial charge in [-0.3, -0.25) is 4.90 Å². The summed E-state index contributed by atoms with van der Waals surface area (Å²) in [5, 5.41) is 8.75. The van der Waals surface area contributed by atoms with E-state index in [0.29, 0.717) is 18.2 Å². The first-order valence-electron chi connectivity index (χ1n) is 5.03. The molecule has 0 amide bonds. The summed E-state index contributed by atoms with van der Waals surface area (Å²) in [6.45, 7) is 2.74. The maximum Gasteiger partial charge on any atom is 0.129 e. The van der Waals surface area contributed by atoms with Gasteiger partial charge in [0.05, 0.1) is 11.6 Å². The summed E-state index contributed by atoms with van der Waals surface area (Å²) < 4.78 is 13.6. The monoisotopic (exact) mass is 204 g/mol. The molecule has 0 aromatic heterocycles. The van der Waals surface area contributed by atoms with Gasteiger partial charge in [0.2, 0.25) is 0 Å². The second-order valence-corrected chi connectivity index (χ2v) is 4.18. The molecule has 0 N–H and O–H groups in total. The number of hydrogen-bond donors (Lipinski definition) is 0. The Morgan fingerprint density at radius 2 is 2.27 bits per heavy atom. The van der Waals surface area contributed by atoms with Gasteiger partial charge in [0.25, 0.3) is 0 Å². The third-order valence-electron chi connectivity index (χ3n) is 3.09. The van der Waals surface area contributed by atoms with Crippen molar-refractivity contribution in [3.63, 3.8) is 0 Å². The van der Waals surface area contributed by atoms with Crippen molar-refractivity contribution in [3.8, 4) is 6.07 Å². The number of hydrogen-bond acceptors (Lipinski definition) is 2. The molecule has 3 heteroatoms. The summed E-state index contributed by atoms with van der Waals surface area (Å²) in [5.74, 6) is -0.247. The van der Waals surface area contributed by atoms with Crippen molar-refractivity contribution in [3.05, 3.63) is 34.6 Å². The minimum atomic E-state index is -0.247. The maximum atomic E-state index is 13.6. The first-order chi connectivity index (χ1) is 7.11. The predicted octanol–water partition coefficient (Wildman–Crippen LogP) is 2.07. The van der Waals surface area contributed by atoms with Crippen LogP contribution in [0, 0.1) is 17.1 Å². The minimum absolute atomic E-state index is 0.247. The molecule has 0 radical (unpaired) electrons. The SMILES string of the molecule is CC1Cc2cc(C#N)cc(F)c2CN1C. The third-order valence-corrected chi connectivity index (χ3v) is 3.09. The van der Waals surface area contributed by atoms with Gasteiger partial charge in [-0.25, -0.2) is 4.39 Å². The molecule has 1 aromatic carbocycles. The van der Waals surface area contributed by atoms with Crippen LogP contribution >= 0.6 is 0 Å². The van der Waals surface area contributed by atoms with Crippen LogP contribution in [-0.4, -0.2) is 18.0 Å². The first kappa shape index (κ1) is 10.1. The van der Waals surface area contributed by atoms with Gasteiger partial charge in [-0.05, 0) is 38.1 Å². The van der Waals surface area contributed by atoms with Crippen LogP contribution in [0.25, 0.3) is 0 Å². The molecule has 1 atom stereocenters. The highest BCUT2D eigenvalue weighted by atomic mass is 19.1. The molecule has 1 aliphatic rings. The molecule has 15 heavy (non-hydrogen) atoms. The standard InChI is InChI=1S/C12H13FN2/c1-8-3-10-4-9(6-14)5-12(13)11(10)7-15(8)2/h4-5,8H,3,7H2,1-2H3. The van der Waals surface area contributed by atoms with Gasteiger partial charge >= 0.3 is 0 Å². The normalized spacial score (nSPS) is 20.8. The van der Waals surface area contributed by atoms with E-state index >= 15 is 0 Å². The Morgan fingerprint density at radius 3 is 2.93 bits per heavy atom. The summed E-state index contributed by atoms with van der Waals surface area (Å²) >= 11 is 0. The van der Waals surface area contributed by atoms with Gasteiger partial charge in [0.15, 0.2) is 0 Å². The number of rotatable bonds is 0. The topological polar surface area (TPSA) is 27.0 Å². The molecule has 1 aliphatic heterocycles. The van der Waals surface area contributed by atoms with Crippen molar-refractivity contribution < 1.29 is 4.39 Å². The second kappa shape index (κ2) is 3.63. The molecular formula is C12H13FN2. The zero-order chi connectivity index (χ0) is 11.0. The molecular weight excluding hydrogens is 191 g/mol. The Kier molecular flexibility index (Phi) is 2.45. The van der Waals surface area contributed by atoms with E-state index in [4.69, 9.17) is 5.26 Å². The van der Waals surface area contributed by atoms with E-state index in [1.807, 2.05) is 19.2 Å². The summed E-state index contributed by atoms with van der Waals surface area (Å²) in [4.78, 5) is 2.12. The van der Waals surface area contributed by atoms with Gasteiger partial charge in [-0.2, -0.15) is 5.26 Å². The number of halogens is 1. The number of fused-ring (bicyclic) bond motifs is 1. The van der Waals surface area contributed by atoms with Crippen LogP contribution in [0.5, 0.6) is 0 Å². The molecule has 1 aromatic rings. The van der Waals surface area contributed by atoms with E-state index in [1.165, 1.54) is 6.07 Å². The van der Waals surface area contributed by atoms with Crippen molar-refractivity contribution in [2.75, 3.05) is 7.05 Å². The van der Waals surface area contributed by atoms with E-state index < -0.39 is 0 Å². The van der Waals surface area contributed by atoms with Crippen LogP contribution in [0.3, 0.4) is 0 Å². The zero-order valence-corrected chi connectivity index (χ0v) is 8.92. The molecule has 0 saturated heterocycles. The highest BCUT2D eigenvalue weighted by Crippen LogP contribution is 2.25. The molecule has 0 bridgehead atoms. The quantitative estimate of drug-likeness (QED) is 0.647. The second-order valence-electron chi connectivity index (χ2n) is 4.18. The van der Waals surface area contributed by atoms with Crippen molar-refractivity contribution in [1.82, 2.24) is 4.90 Å². The molecule has 0 aliphatic carbocycles. The fourth-order valence-corrected chi connectivity index (χ4v) is 2.00. The lowest BCUT2D eigenvalue weighted by atomic mass is 9.93. The third kappa shape index (κ3) is 1.73. The van der Waals surface area contributed by atoms with Crippen molar-refractivity contribution in [1.29, 1.82) is 5.26 Å². The average Bonchev–Trinajstić information content (AvgIpc) is 2.21. The fraction of sp³-hybridized carbons (Fsp3) is 0.417. The van der Waals surface area contributed by atoms with Crippen LogP contribution in [0.4, 0.5) is 4.39 Å². The minimum Gasteiger partial charge on any atom is -0.299 e. The van der Waals surface area contributed by atoms with Crippen LogP contribution in [0.1, 0.15) is 23.6 Å². The van der Waals surface area contributed by atoms with E-state index in [9.17, 15) is 4.39 Å². The zero-order valence-electron chi connectivity index (χ0n) is 8.92. The smallest absolute Gasteiger partial charge is 0.129 e. The first-order valence-corrected chi connectivity index (χ1v) is 5.03. The Morgan fingerprint density at radius 1 is 1.53 bits per heavy atom. The number of likely N-dealkylation sites (N-methyl/N-ethyl adjacent to an activating group) is 1. The number of benzene rings is 1. The van der Waals surface area contributed by atoms with Crippen molar-refractivity contribution in [2.24, 2.45) is 0 Å². The summed E-state index contributed by atoms with van der Waals surface area (Å²) in [5.41, 5.74) is 2.15. The molecule has 1 heterocycles. The van der Waals surface area contributed by atoms with Gasteiger partial charge in [-0.15, -0.1) is 0 Å². The highest BCUT2D eigenvalue weighted by molar-refractivity contribution is 5.40. The Labute approximate surface area is 88.9 Å². The average molecular weight is 204 g/mol. The van der Waals surface area contributed by atoms with E-state index in [0.717, 1.165) is 17.5 Å². The number of nitriles is 1. The predicted molar refractivity (Wildman–Crippen MR) is 55.7 cm³/mol. The molecule has 2 nitrogen and oxygen atoms in total. The van der Waals surface area contributed by atoms with Crippen LogP contribution in [0.2, 0.25) is 0 Å². The Bertz CT molecular complexity index is 434. The summed E-state index contributed by atoms with van der Waals surface area (Å²) in [7, 11) is 1.99. The van der Waals surface area contributed by atoms with Gasteiger partial charge in [0.1, 0.15) is 5.82 Å². The lowest BCUT2D eigenvalue weighted by Crippen LogP contribution is -2.35. The van der Waals surface area contributed by atoms with E-state index in [1.54, 1.807) is 0 Å². The lowest BCUT2D eigenvalue weighted by molar-refractivity contribution is 0.227. The molecule has 0 spiro atoms. The van der Waals surface area contributed by atoms with Crippen LogP contribution < -0.4 is 0 Å². The van der Waals surface area contributed by atoms with E-state index in [-0.39, 0.29) is 5.82 Å². The van der Waals surface area contributed by atoms with Gasteiger partial charge in [0, 0.05) is 18.2 Å². The molecule has 0 saturated carbocycles. The Balaban J connectivity index is 2.49. The summed E-state index contributed by atoms with van der Waals surface area (Å²) in [6, 6.07) is 5.53. The molecule has 2 rings (SSSR count). The highest BCUT2D eigenvalue weighted by Gasteiger charge is 2.22. The van der Waals surface area contributed by atoms with Crippen LogP contribution in [0.15, 0.2) is 12.1 Å². The van der Waals surface area contributed by atoms with Crippen molar-refractivity contribution >= 4 is 0 Å². The molecule has 78 valence electrons. The number of nitrogens with zero attached hydrogens (tertiary/aromatic N) is 2. The fourth-order valence-electron chi connectivity index (χ4n) is 2.00. The van der Waals surface area contributed by atoms with Gasteiger partial charge < -0.3 is 0 Å². The van der Waals surface area contributed by atoms with Crippen LogP contribution in [-0.2, 0) is 13.0 Å². The van der Waals surface area contributed by atoms with Gasteiger partial charge in [-0.1, -0.05) is 0 Å². The van der Waals surface area contributed by atoms with E-state index in [2.05, 4.69) is 11.8 Å². The lowest BCUT2D eigenvalue weighted by Gasteiger charge is -2.31. The molecule has 1 unspecified atom stereocenters.